The zero-order chi connectivity index (χ0) is 22.0. The van der Waals surface area contributed by atoms with Crippen molar-refractivity contribution in [3.05, 3.63) is 112 Å². The lowest BCUT2D eigenvalue weighted by atomic mass is 10.1. The van der Waals surface area contributed by atoms with Crippen molar-refractivity contribution in [2.75, 3.05) is 0 Å². The van der Waals surface area contributed by atoms with E-state index in [4.69, 9.17) is 4.42 Å². The van der Waals surface area contributed by atoms with Gasteiger partial charge in [-0.1, -0.05) is 59.7 Å². The first-order chi connectivity index (χ1) is 14.8. The molecule has 0 atom stereocenters. The Hall–Kier alpha value is -3.22. The molecule has 0 N–H and O–H groups in total. The number of hydrogen-bond donors (Lipinski definition) is 0. The van der Waals surface area contributed by atoms with Crippen LogP contribution in [0, 0.1) is 13.8 Å². The minimum absolute atomic E-state index is 0.0860. The van der Waals surface area contributed by atoms with Crippen LogP contribution in [0.3, 0.4) is 0 Å². The van der Waals surface area contributed by atoms with Crippen LogP contribution in [0.25, 0.3) is 11.0 Å². The monoisotopic (exact) mass is 433 g/mol. The second-order valence-corrected chi connectivity index (χ2v) is 9.60. The zero-order valence-corrected chi connectivity index (χ0v) is 18.2. The van der Waals surface area contributed by atoms with Gasteiger partial charge in [-0.2, -0.15) is 4.31 Å². The number of benzene rings is 3. The fraction of sp³-hybridized carbons (Fsp3) is 0.160. The lowest BCUT2D eigenvalue weighted by Crippen LogP contribution is -2.32. The van der Waals surface area contributed by atoms with Crippen molar-refractivity contribution in [2.24, 2.45) is 0 Å². The van der Waals surface area contributed by atoms with E-state index in [1.807, 2.05) is 50.2 Å². The van der Waals surface area contributed by atoms with Crippen LogP contribution in [0.15, 0.2) is 93.2 Å². The molecule has 4 aromatic rings. The maximum atomic E-state index is 13.5. The summed E-state index contributed by atoms with van der Waals surface area (Å²) in [5, 5.41) is 0.449. The Morgan fingerprint density at radius 1 is 0.839 bits per heavy atom. The molecule has 0 aliphatic rings. The topological polar surface area (TPSA) is 67.6 Å². The number of sulfonamides is 1. The van der Waals surface area contributed by atoms with E-state index in [0.29, 0.717) is 16.5 Å². The Morgan fingerprint density at radius 3 is 2.23 bits per heavy atom. The normalized spacial score (nSPS) is 11.8. The predicted octanol–water partition coefficient (Wildman–Crippen LogP) is 4.80. The molecule has 0 unspecified atom stereocenters. The summed E-state index contributed by atoms with van der Waals surface area (Å²) in [5.41, 5.74) is 3.30. The van der Waals surface area contributed by atoms with Crippen LogP contribution >= 0.6 is 0 Å². The van der Waals surface area contributed by atoms with Crippen LogP contribution in [-0.4, -0.2) is 12.7 Å². The van der Waals surface area contributed by atoms with Crippen molar-refractivity contribution >= 4 is 21.0 Å². The molecule has 0 fully saturated rings. The van der Waals surface area contributed by atoms with Crippen molar-refractivity contribution in [3.8, 4) is 0 Å². The van der Waals surface area contributed by atoms with Gasteiger partial charge in [0.2, 0.25) is 10.0 Å². The third kappa shape index (κ3) is 4.45. The molecule has 1 heterocycles. The average molecular weight is 434 g/mol. The zero-order valence-electron chi connectivity index (χ0n) is 17.4. The summed E-state index contributed by atoms with van der Waals surface area (Å²) in [4.78, 5) is 13.3. The Bertz CT molecular complexity index is 1370. The summed E-state index contributed by atoms with van der Waals surface area (Å²) < 4.78 is 33.9. The van der Waals surface area contributed by atoms with Gasteiger partial charge in [0.05, 0.1) is 22.1 Å². The molecule has 4 rings (SSSR count). The van der Waals surface area contributed by atoms with Crippen LogP contribution < -0.4 is 5.43 Å². The summed E-state index contributed by atoms with van der Waals surface area (Å²) in [6.45, 7) is 3.86. The molecular formula is C25H23NO4S. The molecule has 6 heteroatoms. The van der Waals surface area contributed by atoms with Gasteiger partial charge < -0.3 is 4.42 Å². The van der Waals surface area contributed by atoms with E-state index in [0.717, 1.165) is 16.7 Å². The second-order valence-electron chi connectivity index (χ2n) is 7.66. The fourth-order valence-electron chi connectivity index (χ4n) is 3.46. The highest BCUT2D eigenvalue weighted by molar-refractivity contribution is 7.89. The van der Waals surface area contributed by atoms with Crippen LogP contribution in [0.2, 0.25) is 0 Å². The maximum absolute atomic E-state index is 13.5. The molecule has 0 bridgehead atoms. The minimum Gasteiger partial charge on any atom is -0.464 e. The minimum atomic E-state index is -3.84. The Kier molecular flexibility index (Phi) is 5.76. The molecule has 1 aromatic heterocycles. The summed E-state index contributed by atoms with van der Waals surface area (Å²) in [6.07, 6.45) is 1.36. The number of nitrogens with zero attached hydrogens (tertiary/aromatic N) is 1. The largest absolute Gasteiger partial charge is 0.464 e. The number of fused-ring (bicyclic) bond motifs is 1. The van der Waals surface area contributed by atoms with Gasteiger partial charge in [-0.3, -0.25) is 4.79 Å². The van der Waals surface area contributed by atoms with Crippen LogP contribution in [-0.2, 0) is 23.1 Å². The molecule has 31 heavy (non-hydrogen) atoms. The van der Waals surface area contributed by atoms with Crippen molar-refractivity contribution in [1.82, 2.24) is 4.31 Å². The van der Waals surface area contributed by atoms with Crippen LogP contribution in [0.5, 0.6) is 0 Å². The first-order valence-corrected chi connectivity index (χ1v) is 11.4. The first kappa shape index (κ1) is 21.0. The van der Waals surface area contributed by atoms with Gasteiger partial charge in [-0.15, -0.1) is 0 Å². The Balaban J connectivity index is 1.78. The Labute approximate surface area is 181 Å². The second kappa shape index (κ2) is 8.49. The fourth-order valence-corrected chi connectivity index (χ4v) is 4.86. The third-order valence-electron chi connectivity index (χ3n) is 5.21. The highest BCUT2D eigenvalue weighted by Gasteiger charge is 2.26. The maximum Gasteiger partial charge on any atom is 0.243 e. The standard InChI is InChI=1S/C25H23NO4S/c1-18-8-11-22(12-9-18)31(28,29)26(15-20-6-4-3-5-7-20)16-21-17-30-24-13-10-19(2)14-23(24)25(21)27/h3-14,17H,15-16H2,1-2H3. The summed E-state index contributed by atoms with van der Waals surface area (Å²) in [5.74, 6) is 0. The van der Waals surface area contributed by atoms with E-state index < -0.39 is 10.0 Å². The van der Waals surface area contributed by atoms with Crippen LogP contribution in [0.4, 0.5) is 0 Å². The van der Waals surface area contributed by atoms with E-state index in [9.17, 15) is 13.2 Å². The predicted molar refractivity (Wildman–Crippen MR) is 121 cm³/mol. The molecule has 0 aliphatic heterocycles. The van der Waals surface area contributed by atoms with Gasteiger partial charge >= 0.3 is 0 Å². The molecule has 0 saturated heterocycles. The van der Waals surface area contributed by atoms with E-state index >= 15 is 0 Å². The van der Waals surface area contributed by atoms with E-state index in [2.05, 4.69) is 0 Å². The van der Waals surface area contributed by atoms with Crippen molar-refractivity contribution in [2.45, 2.75) is 31.8 Å². The van der Waals surface area contributed by atoms with Gasteiger partial charge in [0.1, 0.15) is 5.58 Å². The first-order valence-electron chi connectivity index (χ1n) is 9.96. The molecular weight excluding hydrogens is 410 g/mol. The van der Waals surface area contributed by atoms with Crippen molar-refractivity contribution in [1.29, 1.82) is 0 Å². The average Bonchev–Trinajstić information content (AvgIpc) is 2.76. The Morgan fingerprint density at radius 2 is 1.52 bits per heavy atom. The quantitative estimate of drug-likeness (QED) is 0.438. The van der Waals surface area contributed by atoms with E-state index in [1.54, 1.807) is 36.4 Å². The highest BCUT2D eigenvalue weighted by atomic mass is 32.2. The van der Waals surface area contributed by atoms with Gasteiger partial charge in [-0.25, -0.2) is 8.42 Å². The smallest absolute Gasteiger partial charge is 0.243 e. The molecule has 0 saturated carbocycles. The van der Waals surface area contributed by atoms with Gasteiger partial charge in [-0.05, 0) is 43.7 Å². The van der Waals surface area contributed by atoms with E-state index in [-0.39, 0.29) is 23.4 Å². The molecule has 0 spiro atoms. The lowest BCUT2D eigenvalue weighted by molar-refractivity contribution is 0.396. The molecule has 0 radical (unpaired) electrons. The third-order valence-corrected chi connectivity index (χ3v) is 7.01. The van der Waals surface area contributed by atoms with E-state index in [1.165, 1.54) is 10.6 Å². The van der Waals surface area contributed by atoms with Gasteiger partial charge in [0.15, 0.2) is 5.43 Å². The molecule has 158 valence electrons. The van der Waals surface area contributed by atoms with Crippen molar-refractivity contribution in [3.63, 3.8) is 0 Å². The molecule has 5 nitrogen and oxygen atoms in total. The number of aryl methyl sites for hydroxylation is 2. The number of hydrogen-bond acceptors (Lipinski definition) is 4. The summed E-state index contributed by atoms with van der Waals surface area (Å²) in [6, 6.07) is 21.4. The van der Waals surface area contributed by atoms with Crippen LogP contribution in [0.1, 0.15) is 22.3 Å². The van der Waals surface area contributed by atoms with Gasteiger partial charge in [0.25, 0.3) is 0 Å². The highest BCUT2D eigenvalue weighted by Crippen LogP contribution is 2.22. The molecule has 0 amide bonds. The summed E-state index contributed by atoms with van der Waals surface area (Å²) in [7, 11) is -3.84. The number of rotatable bonds is 6. The lowest BCUT2D eigenvalue weighted by Gasteiger charge is -2.22. The SMILES string of the molecule is Cc1ccc(S(=O)(=O)N(Cc2ccccc2)Cc2coc3ccc(C)cc3c2=O)cc1. The molecule has 0 aliphatic carbocycles. The van der Waals surface area contributed by atoms with Crippen molar-refractivity contribution < 1.29 is 12.8 Å². The van der Waals surface area contributed by atoms with Gasteiger partial charge in [0, 0.05) is 13.1 Å². The molecule has 3 aromatic carbocycles. The summed E-state index contributed by atoms with van der Waals surface area (Å²) >= 11 is 0.